The molecule has 0 unspecified atom stereocenters. The number of rotatable bonds is 4. The Hall–Kier alpha value is -3.98. The fourth-order valence-corrected chi connectivity index (χ4v) is 3.78. The first-order valence-corrected chi connectivity index (χ1v) is 9.72. The fraction of sp³-hybridized carbons (Fsp3) is 0.182. The molecule has 1 N–H and O–H groups in total. The Labute approximate surface area is 175 Å². The van der Waals surface area contributed by atoms with E-state index in [2.05, 4.69) is 5.10 Å². The van der Waals surface area contributed by atoms with E-state index in [0.717, 1.165) is 5.56 Å². The summed E-state index contributed by atoms with van der Waals surface area (Å²) in [6.45, 7) is 0.456. The van der Waals surface area contributed by atoms with Crippen molar-refractivity contribution in [2.24, 2.45) is 0 Å². The molecule has 1 atom stereocenters. The van der Waals surface area contributed by atoms with Crippen molar-refractivity contribution < 1.29 is 24.1 Å². The Kier molecular flexibility index (Phi) is 3.90. The molecule has 0 amide bonds. The van der Waals surface area contributed by atoms with Crippen LogP contribution in [0.15, 0.2) is 59.7 Å². The summed E-state index contributed by atoms with van der Waals surface area (Å²) in [5.41, 5.74) is 2.27. The number of hydrogen-bond acceptors (Lipinski definition) is 7. The van der Waals surface area contributed by atoms with Crippen LogP contribution >= 0.6 is 0 Å². The van der Waals surface area contributed by atoms with Crippen molar-refractivity contribution in [1.29, 1.82) is 0 Å². The molecule has 31 heavy (non-hydrogen) atoms. The van der Waals surface area contributed by atoms with Crippen molar-refractivity contribution in [2.75, 3.05) is 13.6 Å². The molecule has 0 saturated carbocycles. The highest BCUT2D eigenvalue weighted by Crippen LogP contribution is 2.36. The highest BCUT2D eigenvalue weighted by atomic mass is 16.7. The second-order valence-corrected chi connectivity index (χ2v) is 7.31. The van der Waals surface area contributed by atoms with Crippen LogP contribution in [0.25, 0.3) is 16.8 Å². The van der Waals surface area contributed by atoms with Gasteiger partial charge in [-0.1, -0.05) is 6.07 Å². The Balaban J connectivity index is 1.31. The lowest BCUT2D eigenvalue weighted by Crippen LogP contribution is -2.24. The SMILES string of the molecule is O=c1c2cc(-c3ccc4c(c3)OCO4)nn2ccn1C[C@H](O)c1ccc2c(c1)OCO2. The maximum atomic E-state index is 13.0. The van der Waals surface area contributed by atoms with Crippen molar-refractivity contribution in [2.45, 2.75) is 12.6 Å². The van der Waals surface area contributed by atoms with Crippen LogP contribution < -0.4 is 24.5 Å². The third kappa shape index (κ3) is 2.98. The van der Waals surface area contributed by atoms with Crippen LogP contribution in [-0.4, -0.2) is 32.9 Å². The van der Waals surface area contributed by atoms with E-state index >= 15 is 0 Å². The van der Waals surface area contributed by atoms with Crippen LogP contribution in [0.1, 0.15) is 11.7 Å². The normalized spacial score (nSPS) is 14.9. The summed E-state index contributed by atoms with van der Waals surface area (Å²) in [5.74, 6) is 2.57. The summed E-state index contributed by atoms with van der Waals surface area (Å²) in [5, 5.41) is 15.2. The van der Waals surface area contributed by atoms with Gasteiger partial charge in [0, 0.05) is 18.0 Å². The van der Waals surface area contributed by atoms with Crippen LogP contribution in [0.3, 0.4) is 0 Å². The summed E-state index contributed by atoms with van der Waals surface area (Å²) in [6.07, 6.45) is 2.42. The van der Waals surface area contributed by atoms with Gasteiger partial charge in [0.05, 0.1) is 18.3 Å². The van der Waals surface area contributed by atoms with Crippen LogP contribution in [0.5, 0.6) is 23.0 Å². The molecule has 4 heterocycles. The topological polar surface area (TPSA) is 96.5 Å². The molecule has 0 aliphatic carbocycles. The molecule has 2 aliphatic heterocycles. The van der Waals surface area contributed by atoms with Crippen molar-refractivity contribution in [3.05, 3.63) is 70.8 Å². The number of fused-ring (bicyclic) bond motifs is 3. The van der Waals surface area contributed by atoms with Gasteiger partial charge in [0.2, 0.25) is 13.6 Å². The number of aromatic nitrogens is 3. The van der Waals surface area contributed by atoms with Crippen LogP contribution in [-0.2, 0) is 6.54 Å². The van der Waals surface area contributed by atoms with Crippen molar-refractivity contribution >= 4 is 5.52 Å². The van der Waals surface area contributed by atoms with E-state index in [-0.39, 0.29) is 25.7 Å². The van der Waals surface area contributed by atoms with E-state index in [1.165, 1.54) is 9.08 Å². The largest absolute Gasteiger partial charge is 0.454 e. The first kappa shape index (κ1) is 17.8. The maximum Gasteiger partial charge on any atom is 0.276 e. The van der Waals surface area contributed by atoms with E-state index in [1.54, 1.807) is 36.7 Å². The quantitative estimate of drug-likeness (QED) is 0.542. The Morgan fingerprint density at radius 3 is 2.42 bits per heavy atom. The Morgan fingerprint density at radius 1 is 0.903 bits per heavy atom. The van der Waals surface area contributed by atoms with Gasteiger partial charge in [-0.25, -0.2) is 4.52 Å². The summed E-state index contributed by atoms with van der Waals surface area (Å²) in [4.78, 5) is 13.0. The molecule has 0 fully saturated rings. The predicted octanol–water partition coefficient (Wildman–Crippen LogP) is 2.35. The summed E-state index contributed by atoms with van der Waals surface area (Å²) < 4.78 is 24.4. The van der Waals surface area contributed by atoms with Crippen LogP contribution in [0.2, 0.25) is 0 Å². The smallest absolute Gasteiger partial charge is 0.276 e. The summed E-state index contributed by atoms with van der Waals surface area (Å²) >= 11 is 0. The molecule has 9 heteroatoms. The monoisotopic (exact) mass is 419 g/mol. The minimum atomic E-state index is -0.883. The molecule has 2 aromatic heterocycles. The second-order valence-electron chi connectivity index (χ2n) is 7.31. The Morgan fingerprint density at radius 2 is 1.61 bits per heavy atom. The molecule has 9 nitrogen and oxygen atoms in total. The molecule has 2 aromatic carbocycles. The van der Waals surface area contributed by atoms with E-state index in [4.69, 9.17) is 18.9 Å². The number of hydrogen-bond donors (Lipinski definition) is 1. The van der Waals surface area contributed by atoms with Crippen molar-refractivity contribution in [3.63, 3.8) is 0 Å². The standard InChI is InChI=1S/C22H17N3O6/c26-17(14-2-4-19-21(8-14)31-12-29-19)10-24-5-6-25-16(22(24)27)9-15(23-25)13-1-3-18-20(7-13)30-11-28-18/h1-9,17,26H,10-12H2/t17-/m0/s1. The molecule has 0 spiro atoms. The number of aliphatic hydroxyl groups excluding tert-OH is 1. The zero-order chi connectivity index (χ0) is 20.9. The molecule has 2 aliphatic rings. The highest BCUT2D eigenvalue weighted by Gasteiger charge is 2.19. The molecule has 0 radical (unpaired) electrons. The average molecular weight is 419 g/mol. The highest BCUT2D eigenvalue weighted by molar-refractivity contribution is 5.68. The Bertz CT molecular complexity index is 1380. The first-order valence-electron chi connectivity index (χ1n) is 9.72. The summed E-state index contributed by atoms with van der Waals surface area (Å²) in [6, 6.07) is 12.5. The van der Waals surface area contributed by atoms with Crippen LogP contribution in [0, 0.1) is 0 Å². The van der Waals surface area contributed by atoms with E-state index in [0.29, 0.717) is 39.8 Å². The second kappa shape index (κ2) is 6.78. The lowest BCUT2D eigenvalue weighted by Gasteiger charge is -2.13. The first-order chi connectivity index (χ1) is 15.2. The lowest BCUT2D eigenvalue weighted by atomic mass is 10.1. The van der Waals surface area contributed by atoms with Crippen LogP contribution in [0.4, 0.5) is 0 Å². The third-order valence-electron chi connectivity index (χ3n) is 5.42. The van der Waals surface area contributed by atoms with Gasteiger partial charge in [0.25, 0.3) is 5.56 Å². The van der Waals surface area contributed by atoms with Gasteiger partial charge in [0.1, 0.15) is 5.52 Å². The van der Waals surface area contributed by atoms with E-state index in [1.807, 2.05) is 18.2 Å². The average Bonchev–Trinajstić information content (AvgIpc) is 3.53. The van der Waals surface area contributed by atoms with E-state index < -0.39 is 6.10 Å². The van der Waals surface area contributed by atoms with Gasteiger partial charge >= 0.3 is 0 Å². The van der Waals surface area contributed by atoms with Gasteiger partial charge in [-0.2, -0.15) is 5.10 Å². The predicted molar refractivity (Wildman–Crippen MR) is 109 cm³/mol. The van der Waals surface area contributed by atoms with Gasteiger partial charge in [-0.3, -0.25) is 4.79 Å². The number of benzene rings is 2. The van der Waals surface area contributed by atoms with Crippen molar-refractivity contribution in [3.8, 4) is 34.3 Å². The minimum Gasteiger partial charge on any atom is -0.454 e. The summed E-state index contributed by atoms with van der Waals surface area (Å²) in [7, 11) is 0. The minimum absolute atomic E-state index is 0.0967. The molecular formula is C22H17N3O6. The number of ether oxygens (including phenoxy) is 4. The number of aliphatic hydroxyl groups is 1. The van der Waals surface area contributed by atoms with Gasteiger partial charge < -0.3 is 28.6 Å². The lowest BCUT2D eigenvalue weighted by molar-refractivity contribution is 0.154. The zero-order valence-corrected chi connectivity index (χ0v) is 16.2. The molecular weight excluding hydrogens is 402 g/mol. The van der Waals surface area contributed by atoms with Gasteiger partial charge in [-0.15, -0.1) is 0 Å². The van der Waals surface area contributed by atoms with E-state index in [9.17, 15) is 9.90 Å². The molecule has 6 rings (SSSR count). The molecule has 4 aromatic rings. The number of nitrogens with zero attached hydrogens (tertiary/aromatic N) is 3. The maximum absolute atomic E-state index is 13.0. The van der Waals surface area contributed by atoms with Gasteiger partial charge in [-0.05, 0) is 42.0 Å². The molecule has 0 saturated heterocycles. The fourth-order valence-electron chi connectivity index (χ4n) is 3.78. The molecule has 0 bridgehead atoms. The van der Waals surface area contributed by atoms with Gasteiger partial charge in [0.15, 0.2) is 23.0 Å². The van der Waals surface area contributed by atoms with Crippen molar-refractivity contribution in [1.82, 2.24) is 14.2 Å². The molecule has 156 valence electrons. The third-order valence-corrected chi connectivity index (χ3v) is 5.42. The zero-order valence-electron chi connectivity index (χ0n) is 16.2.